The molecule has 0 radical (unpaired) electrons. The first-order chi connectivity index (χ1) is 15.7. The summed E-state index contributed by atoms with van der Waals surface area (Å²) >= 11 is 0. The molecule has 1 N–H and O–H groups in total. The largest absolute Gasteiger partial charge is 0.320 e. The Hall–Kier alpha value is -3.31. The molecule has 0 aliphatic carbocycles. The van der Waals surface area contributed by atoms with Crippen LogP contribution in [0, 0.1) is 11.7 Å². The van der Waals surface area contributed by atoms with Crippen LogP contribution in [0.2, 0.25) is 0 Å². The Morgan fingerprint density at radius 2 is 2.00 bits per heavy atom. The molecule has 1 fully saturated rings. The van der Waals surface area contributed by atoms with E-state index in [1.54, 1.807) is 18.3 Å². The van der Waals surface area contributed by atoms with Crippen molar-refractivity contribution < 1.29 is 12.8 Å². The molecule has 9 nitrogen and oxygen atoms in total. The summed E-state index contributed by atoms with van der Waals surface area (Å²) in [4.78, 5) is 7.05. The van der Waals surface area contributed by atoms with Crippen molar-refractivity contribution in [2.45, 2.75) is 17.9 Å². The summed E-state index contributed by atoms with van der Waals surface area (Å²) in [6.07, 6.45) is 7.19. The number of likely N-dealkylation sites (tertiary alicyclic amines) is 1. The number of nitrogens with zero attached hydrogens (tertiary/aromatic N) is 6. The predicted molar refractivity (Wildman–Crippen MR) is 123 cm³/mol. The Balaban J connectivity index is 1.40. The number of sulfone groups is 1. The molecule has 1 saturated heterocycles. The average molecular weight is 470 g/mol. The Morgan fingerprint density at radius 3 is 2.70 bits per heavy atom. The van der Waals surface area contributed by atoms with E-state index in [1.807, 2.05) is 10.9 Å². The lowest BCUT2D eigenvalue weighted by Gasteiger charge is -2.09. The molecule has 1 aliphatic rings. The quantitative estimate of drug-likeness (QED) is 0.464. The predicted octanol–water partition coefficient (Wildman–Crippen LogP) is 2.83. The van der Waals surface area contributed by atoms with E-state index in [9.17, 15) is 12.8 Å². The molecule has 3 aromatic heterocycles. The van der Waals surface area contributed by atoms with Crippen LogP contribution in [0.1, 0.15) is 6.42 Å². The molecule has 1 unspecified atom stereocenters. The Bertz CT molecular complexity index is 1410. The van der Waals surface area contributed by atoms with Gasteiger partial charge >= 0.3 is 0 Å². The topological polar surface area (TPSA) is 97.4 Å². The first-order valence-corrected chi connectivity index (χ1v) is 12.5. The monoisotopic (exact) mass is 469 g/mol. The fraction of sp³-hybridized carbons (Fsp3) is 0.318. The zero-order valence-corrected chi connectivity index (χ0v) is 19.1. The molecule has 1 atom stereocenters. The van der Waals surface area contributed by atoms with Gasteiger partial charge in [-0.05, 0) is 49.7 Å². The number of nitrogens with one attached hydrogen (secondary N) is 1. The van der Waals surface area contributed by atoms with Gasteiger partial charge in [0.05, 0.1) is 23.0 Å². The molecule has 0 saturated carbocycles. The molecule has 172 valence electrons. The van der Waals surface area contributed by atoms with Crippen molar-refractivity contribution in [3.8, 4) is 11.1 Å². The molecular weight excluding hydrogens is 445 g/mol. The van der Waals surface area contributed by atoms with Gasteiger partial charge in [0, 0.05) is 31.1 Å². The number of anilines is 2. The van der Waals surface area contributed by atoms with E-state index in [2.05, 4.69) is 32.4 Å². The van der Waals surface area contributed by atoms with Gasteiger partial charge in [0.1, 0.15) is 5.82 Å². The van der Waals surface area contributed by atoms with Gasteiger partial charge in [0.15, 0.2) is 15.5 Å². The van der Waals surface area contributed by atoms with Gasteiger partial charge in [-0.1, -0.05) is 12.1 Å². The van der Waals surface area contributed by atoms with Crippen molar-refractivity contribution in [2.24, 2.45) is 5.92 Å². The van der Waals surface area contributed by atoms with Gasteiger partial charge in [0.2, 0.25) is 5.95 Å². The van der Waals surface area contributed by atoms with Crippen molar-refractivity contribution in [1.29, 1.82) is 0 Å². The summed E-state index contributed by atoms with van der Waals surface area (Å²) in [5.74, 6) is 0.418. The second-order valence-electron chi connectivity index (χ2n) is 8.57. The minimum atomic E-state index is -3.32. The van der Waals surface area contributed by atoms with Crippen LogP contribution < -0.4 is 5.32 Å². The minimum absolute atomic E-state index is 0.198. The number of aromatic nitrogens is 5. The zero-order valence-electron chi connectivity index (χ0n) is 18.3. The molecule has 33 heavy (non-hydrogen) atoms. The van der Waals surface area contributed by atoms with Crippen LogP contribution in [0.5, 0.6) is 0 Å². The van der Waals surface area contributed by atoms with Crippen molar-refractivity contribution in [2.75, 3.05) is 31.7 Å². The SMILES string of the molecule is CN1CCC(Cn2cc(Nc3nc4c(-c5ccc(S(C)(=O)=O)cc5)cc(F)cn4n3)cn2)C1. The van der Waals surface area contributed by atoms with E-state index in [0.29, 0.717) is 28.6 Å². The molecule has 0 spiro atoms. The van der Waals surface area contributed by atoms with Crippen LogP contribution in [0.4, 0.5) is 16.0 Å². The van der Waals surface area contributed by atoms with E-state index < -0.39 is 15.7 Å². The molecule has 1 aromatic carbocycles. The Kier molecular flexibility index (Phi) is 5.37. The zero-order chi connectivity index (χ0) is 23.2. The molecule has 11 heteroatoms. The first kappa shape index (κ1) is 21.5. The van der Waals surface area contributed by atoms with Crippen molar-refractivity contribution in [3.05, 3.63) is 54.7 Å². The number of benzene rings is 1. The molecule has 1 aliphatic heterocycles. The maximum absolute atomic E-state index is 14.3. The fourth-order valence-corrected chi connectivity index (χ4v) is 4.83. The van der Waals surface area contributed by atoms with E-state index >= 15 is 0 Å². The smallest absolute Gasteiger partial charge is 0.247 e. The third kappa shape index (κ3) is 4.60. The van der Waals surface area contributed by atoms with Crippen molar-refractivity contribution in [3.63, 3.8) is 0 Å². The number of fused-ring (bicyclic) bond motifs is 1. The van der Waals surface area contributed by atoms with E-state index in [1.165, 1.54) is 28.9 Å². The highest BCUT2D eigenvalue weighted by Crippen LogP contribution is 2.27. The van der Waals surface area contributed by atoms with Gasteiger partial charge in [-0.15, -0.1) is 5.10 Å². The second kappa shape index (κ2) is 8.23. The molecule has 0 amide bonds. The van der Waals surface area contributed by atoms with E-state index in [0.717, 1.165) is 38.0 Å². The molecule has 4 heterocycles. The normalized spacial score (nSPS) is 17.1. The lowest BCUT2D eigenvalue weighted by Crippen LogP contribution is -2.17. The second-order valence-corrected chi connectivity index (χ2v) is 10.6. The highest BCUT2D eigenvalue weighted by Gasteiger charge is 2.20. The number of pyridine rings is 1. The molecular formula is C22H24FN7O2S. The van der Waals surface area contributed by atoms with E-state index in [4.69, 9.17) is 0 Å². The summed E-state index contributed by atoms with van der Waals surface area (Å²) in [5.41, 5.74) is 2.35. The van der Waals surface area contributed by atoms with Crippen LogP contribution in [-0.2, 0) is 16.4 Å². The van der Waals surface area contributed by atoms with Crippen LogP contribution in [0.15, 0.2) is 53.8 Å². The summed E-state index contributed by atoms with van der Waals surface area (Å²) in [6, 6.07) is 7.63. The summed E-state index contributed by atoms with van der Waals surface area (Å²) in [7, 11) is -1.19. The number of hydrogen-bond donors (Lipinski definition) is 1. The third-order valence-electron chi connectivity index (χ3n) is 5.82. The van der Waals surface area contributed by atoms with Gasteiger partial charge < -0.3 is 10.2 Å². The number of rotatable bonds is 6. The molecule has 5 rings (SSSR count). The van der Waals surface area contributed by atoms with Crippen LogP contribution in [0.25, 0.3) is 16.8 Å². The van der Waals surface area contributed by atoms with Crippen molar-refractivity contribution >= 4 is 27.1 Å². The summed E-state index contributed by atoms with van der Waals surface area (Å²) in [5, 5.41) is 11.9. The maximum atomic E-state index is 14.3. The summed E-state index contributed by atoms with van der Waals surface area (Å²) < 4.78 is 41.0. The lowest BCUT2D eigenvalue weighted by atomic mass is 10.1. The average Bonchev–Trinajstić information content (AvgIpc) is 3.47. The number of halogens is 1. The van der Waals surface area contributed by atoms with Crippen LogP contribution >= 0.6 is 0 Å². The molecule has 0 bridgehead atoms. The standard InChI is InChI=1S/C22H24FN7O2S/c1-28-8-7-15(11-28)12-29-14-18(10-24-29)25-22-26-21-20(9-17(23)13-30(21)27-22)16-3-5-19(6-4-16)33(2,31)32/h3-6,9-10,13-15H,7-8,11-12H2,1-2H3,(H,25,27). The Labute approximate surface area is 190 Å². The van der Waals surface area contributed by atoms with Gasteiger partial charge in [-0.2, -0.15) is 10.1 Å². The van der Waals surface area contributed by atoms with E-state index in [-0.39, 0.29) is 4.90 Å². The van der Waals surface area contributed by atoms with Crippen LogP contribution in [0.3, 0.4) is 0 Å². The summed E-state index contributed by atoms with van der Waals surface area (Å²) in [6.45, 7) is 3.03. The lowest BCUT2D eigenvalue weighted by molar-refractivity contribution is 0.370. The van der Waals surface area contributed by atoms with Crippen LogP contribution in [-0.4, -0.2) is 64.1 Å². The van der Waals surface area contributed by atoms with Gasteiger partial charge in [0.25, 0.3) is 0 Å². The first-order valence-electron chi connectivity index (χ1n) is 10.6. The highest BCUT2D eigenvalue weighted by atomic mass is 32.2. The number of hydrogen-bond acceptors (Lipinski definition) is 7. The fourth-order valence-electron chi connectivity index (χ4n) is 4.20. The Morgan fingerprint density at radius 1 is 1.21 bits per heavy atom. The van der Waals surface area contributed by atoms with Gasteiger partial charge in [-0.3, -0.25) is 4.68 Å². The van der Waals surface area contributed by atoms with Gasteiger partial charge in [-0.25, -0.2) is 17.3 Å². The third-order valence-corrected chi connectivity index (χ3v) is 6.95. The highest BCUT2D eigenvalue weighted by molar-refractivity contribution is 7.90. The van der Waals surface area contributed by atoms with Crippen molar-refractivity contribution in [1.82, 2.24) is 29.3 Å². The molecule has 4 aromatic rings. The maximum Gasteiger partial charge on any atom is 0.247 e. The minimum Gasteiger partial charge on any atom is -0.320 e.